The van der Waals surface area contributed by atoms with E-state index >= 15 is 0 Å². The van der Waals surface area contributed by atoms with Crippen molar-refractivity contribution in [1.29, 1.82) is 0 Å². The van der Waals surface area contributed by atoms with Crippen LogP contribution in [0.1, 0.15) is 36.8 Å². The summed E-state index contributed by atoms with van der Waals surface area (Å²) in [5, 5.41) is 6.66. The summed E-state index contributed by atoms with van der Waals surface area (Å²) in [6.45, 7) is 1.62. The number of hydrogen-bond donors (Lipinski definition) is 2. The van der Waals surface area contributed by atoms with E-state index in [1.165, 1.54) is 31.7 Å². The molecule has 0 heterocycles. The zero-order valence-electron chi connectivity index (χ0n) is 13.9. The van der Waals surface area contributed by atoms with E-state index in [0.717, 1.165) is 35.3 Å². The third-order valence-electron chi connectivity index (χ3n) is 3.92. The fourth-order valence-electron chi connectivity index (χ4n) is 2.46. The Hall–Kier alpha value is -0.500. The highest BCUT2D eigenvalue weighted by atomic mass is 127. The summed E-state index contributed by atoms with van der Waals surface area (Å²) in [6, 6.07) is 5.00. The predicted octanol–water partition coefficient (Wildman–Crippen LogP) is 4.16. The average Bonchev–Trinajstić information content (AvgIpc) is 3.33. The van der Waals surface area contributed by atoms with Crippen molar-refractivity contribution in [2.75, 3.05) is 19.8 Å². The second-order valence-corrected chi connectivity index (χ2v) is 6.65. The minimum absolute atomic E-state index is 0. The average molecular weight is 451 g/mol. The van der Waals surface area contributed by atoms with E-state index in [-0.39, 0.29) is 29.8 Å². The first-order chi connectivity index (χ1) is 10.7. The van der Waals surface area contributed by atoms with Crippen LogP contribution < -0.4 is 10.6 Å². The number of benzene rings is 1. The van der Waals surface area contributed by atoms with Gasteiger partial charge in [-0.25, -0.2) is 4.39 Å². The molecule has 0 spiro atoms. The van der Waals surface area contributed by atoms with Crippen LogP contribution in [0.4, 0.5) is 4.39 Å². The van der Waals surface area contributed by atoms with Crippen molar-refractivity contribution in [3.63, 3.8) is 0 Å². The van der Waals surface area contributed by atoms with Crippen LogP contribution >= 0.6 is 35.7 Å². The van der Waals surface area contributed by atoms with Crippen molar-refractivity contribution < 1.29 is 4.39 Å². The monoisotopic (exact) mass is 451 g/mol. The van der Waals surface area contributed by atoms with Crippen LogP contribution in [0.2, 0.25) is 0 Å². The summed E-state index contributed by atoms with van der Waals surface area (Å²) in [5.41, 5.74) is 2.17. The quantitative estimate of drug-likeness (QED) is 0.270. The van der Waals surface area contributed by atoms with Crippen LogP contribution in [0.15, 0.2) is 23.2 Å². The Morgan fingerprint density at radius 2 is 2.09 bits per heavy atom. The zero-order valence-corrected chi connectivity index (χ0v) is 17.0. The van der Waals surface area contributed by atoms with Gasteiger partial charge in [-0.2, -0.15) is 11.8 Å². The number of guanidine groups is 1. The van der Waals surface area contributed by atoms with Crippen molar-refractivity contribution in [2.45, 2.75) is 38.0 Å². The van der Waals surface area contributed by atoms with Gasteiger partial charge >= 0.3 is 0 Å². The maximum absolute atomic E-state index is 13.3. The van der Waals surface area contributed by atoms with Gasteiger partial charge in [0.2, 0.25) is 0 Å². The van der Waals surface area contributed by atoms with Crippen LogP contribution in [0.5, 0.6) is 0 Å². The molecule has 0 aliphatic heterocycles. The molecule has 2 rings (SSSR count). The number of thioether (sulfide) groups is 1. The van der Waals surface area contributed by atoms with Gasteiger partial charge in [0.15, 0.2) is 5.96 Å². The summed E-state index contributed by atoms with van der Waals surface area (Å²) in [6.07, 6.45) is 7.37. The Morgan fingerprint density at radius 3 is 2.74 bits per heavy atom. The van der Waals surface area contributed by atoms with E-state index in [0.29, 0.717) is 6.54 Å². The molecule has 0 unspecified atom stereocenters. The minimum Gasteiger partial charge on any atom is -0.356 e. The summed E-state index contributed by atoms with van der Waals surface area (Å²) in [7, 11) is 1.78. The molecule has 0 amide bonds. The summed E-state index contributed by atoms with van der Waals surface area (Å²) >= 11 is 1.70. The Morgan fingerprint density at radius 1 is 1.30 bits per heavy atom. The van der Waals surface area contributed by atoms with Gasteiger partial charge in [0, 0.05) is 25.9 Å². The lowest BCUT2D eigenvalue weighted by molar-refractivity contribution is 0.624. The maximum atomic E-state index is 13.3. The Kier molecular flexibility index (Phi) is 9.94. The highest BCUT2D eigenvalue weighted by molar-refractivity contribution is 14.0. The smallest absolute Gasteiger partial charge is 0.191 e. The Labute approximate surface area is 160 Å². The molecule has 0 atom stereocenters. The van der Waals surface area contributed by atoms with Gasteiger partial charge in [-0.1, -0.05) is 18.9 Å². The Balaban J connectivity index is 0.00000264. The number of aliphatic imine (C=N–C) groups is 1. The van der Waals surface area contributed by atoms with Crippen LogP contribution in [0.25, 0.3) is 0 Å². The summed E-state index contributed by atoms with van der Waals surface area (Å²) in [4.78, 5) is 4.24. The van der Waals surface area contributed by atoms with E-state index in [1.54, 1.807) is 24.9 Å². The zero-order chi connectivity index (χ0) is 15.8. The highest BCUT2D eigenvalue weighted by Crippen LogP contribution is 2.33. The van der Waals surface area contributed by atoms with Crippen molar-refractivity contribution >= 4 is 41.7 Å². The number of halogens is 2. The molecule has 0 bridgehead atoms. The first-order valence-electron chi connectivity index (χ1n) is 7.93. The lowest BCUT2D eigenvalue weighted by atomic mass is 10.1. The molecule has 1 aliphatic carbocycles. The molecule has 0 saturated heterocycles. The van der Waals surface area contributed by atoms with Crippen LogP contribution in [-0.2, 0) is 12.3 Å². The molecular formula is C17H27FIN3S. The van der Waals surface area contributed by atoms with E-state index in [2.05, 4.69) is 15.6 Å². The van der Waals surface area contributed by atoms with Gasteiger partial charge < -0.3 is 10.6 Å². The molecule has 1 aliphatic rings. The van der Waals surface area contributed by atoms with E-state index in [1.807, 2.05) is 12.3 Å². The van der Waals surface area contributed by atoms with E-state index in [4.69, 9.17) is 0 Å². The van der Waals surface area contributed by atoms with Crippen LogP contribution in [-0.4, -0.2) is 25.8 Å². The molecule has 1 aromatic rings. The molecule has 1 saturated carbocycles. The molecule has 0 aromatic heterocycles. The van der Waals surface area contributed by atoms with E-state index in [9.17, 15) is 4.39 Å². The molecule has 6 heteroatoms. The molecule has 1 aromatic carbocycles. The number of nitrogens with zero attached hydrogens (tertiary/aromatic N) is 1. The van der Waals surface area contributed by atoms with Gasteiger partial charge in [0.25, 0.3) is 0 Å². The van der Waals surface area contributed by atoms with Crippen molar-refractivity contribution in [1.82, 2.24) is 10.6 Å². The number of nitrogens with one attached hydrogen (secondary N) is 2. The highest BCUT2D eigenvalue weighted by Gasteiger charge is 2.19. The van der Waals surface area contributed by atoms with Gasteiger partial charge in [-0.05, 0) is 48.3 Å². The fraction of sp³-hybridized carbons (Fsp3) is 0.588. The minimum atomic E-state index is -0.171. The third kappa shape index (κ3) is 7.74. The molecular weight excluding hydrogens is 424 g/mol. The summed E-state index contributed by atoms with van der Waals surface area (Å²) in [5.74, 6) is 2.44. The van der Waals surface area contributed by atoms with Gasteiger partial charge in [-0.3, -0.25) is 4.99 Å². The molecule has 0 radical (unpaired) electrons. The lowest BCUT2D eigenvalue weighted by Gasteiger charge is -2.14. The Bertz CT molecular complexity index is 507. The predicted molar refractivity (Wildman–Crippen MR) is 109 cm³/mol. The van der Waals surface area contributed by atoms with Crippen molar-refractivity contribution in [3.8, 4) is 0 Å². The normalized spacial score (nSPS) is 14.3. The van der Waals surface area contributed by atoms with Crippen LogP contribution in [0, 0.1) is 11.7 Å². The first-order valence-corrected chi connectivity index (χ1v) is 9.33. The van der Waals surface area contributed by atoms with Crippen molar-refractivity contribution in [3.05, 3.63) is 35.1 Å². The lowest BCUT2D eigenvalue weighted by Crippen LogP contribution is -2.37. The molecule has 2 N–H and O–H groups in total. The molecule has 1 fully saturated rings. The standard InChI is InChI=1S/C17H26FN3S.HI/c1-19-17(20-9-3-4-13-5-6-13)21-11-14-7-8-16(18)10-15(14)12-22-2;/h7-8,10,13H,3-6,9,11-12H2,1-2H3,(H2,19,20,21);1H. The van der Waals surface area contributed by atoms with E-state index < -0.39 is 0 Å². The van der Waals surface area contributed by atoms with Gasteiger partial charge in [0.05, 0.1) is 0 Å². The maximum Gasteiger partial charge on any atom is 0.191 e. The van der Waals surface area contributed by atoms with Crippen molar-refractivity contribution in [2.24, 2.45) is 10.9 Å². The summed E-state index contributed by atoms with van der Waals surface area (Å²) < 4.78 is 13.3. The molecule has 3 nitrogen and oxygen atoms in total. The first kappa shape index (κ1) is 20.5. The number of rotatable bonds is 8. The largest absolute Gasteiger partial charge is 0.356 e. The second-order valence-electron chi connectivity index (χ2n) is 5.78. The fourth-order valence-corrected chi connectivity index (χ4v) is 3.04. The van der Waals surface area contributed by atoms with Crippen LogP contribution in [0.3, 0.4) is 0 Å². The topological polar surface area (TPSA) is 36.4 Å². The van der Waals surface area contributed by atoms with Gasteiger partial charge in [-0.15, -0.1) is 24.0 Å². The SMILES string of the molecule is CN=C(NCCCC1CC1)NCc1ccc(F)cc1CSC.I. The molecule has 130 valence electrons. The molecule has 23 heavy (non-hydrogen) atoms. The second kappa shape index (κ2) is 11.1. The third-order valence-corrected chi connectivity index (χ3v) is 4.52. The van der Waals surface area contributed by atoms with Gasteiger partial charge in [0.1, 0.15) is 5.82 Å². The number of hydrogen-bond acceptors (Lipinski definition) is 2.